The van der Waals surface area contributed by atoms with Crippen LogP contribution in [-0.4, -0.2) is 14.1 Å². The Bertz CT molecular complexity index is 3180. The lowest BCUT2D eigenvalue weighted by Gasteiger charge is -2.15. The van der Waals surface area contributed by atoms with Crippen molar-refractivity contribution in [1.29, 1.82) is 0 Å². The van der Waals surface area contributed by atoms with Gasteiger partial charge in [-0.3, -0.25) is 0 Å². The molecule has 11 rings (SSSR count). The van der Waals surface area contributed by atoms with Gasteiger partial charge in [0.15, 0.2) is 0 Å². The topological polar surface area (TPSA) is 25.6 Å². The monoisotopic (exact) mass is 761 g/mol. The molecule has 8 aromatic carbocycles. The predicted molar refractivity (Wildman–Crippen MR) is 252 cm³/mol. The van der Waals surface area contributed by atoms with E-state index in [1.165, 1.54) is 99.1 Å². The molecular formula is C56H47N3. The third-order valence-corrected chi connectivity index (χ3v) is 12.3. The highest BCUT2D eigenvalue weighted by molar-refractivity contribution is 6.14. The van der Waals surface area contributed by atoms with Crippen LogP contribution in [0.5, 0.6) is 0 Å². The summed E-state index contributed by atoms with van der Waals surface area (Å²) in [5.41, 5.74) is 17.5. The van der Waals surface area contributed by atoms with Gasteiger partial charge in [0, 0.05) is 54.7 Å². The van der Waals surface area contributed by atoms with Gasteiger partial charge >= 0.3 is 0 Å². The van der Waals surface area contributed by atoms with Crippen LogP contribution in [0.3, 0.4) is 0 Å². The lowest BCUT2D eigenvalue weighted by atomic mass is 9.98. The van der Waals surface area contributed by atoms with Gasteiger partial charge in [0.25, 0.3) is 0 Å². The smallest absolute Gasteiger partial charge is 0.0541 e. The summed E-state index contributed by atoms with van der Waals surface area (Å²) in [6.45, 7) is 9.20. The zero-order valence-corrected chi connectivity index (χ0v) is 34.1. The third-order valence-electron chi connectivity index (χ3n) is 12.3. The van der Waals surface area contributed by atoms with Gasteiger partial charge in [-0.25, -0.2) is 0 Å². The first-order chi connectivity index (χ1) is 28.9. The maximum Gasteiger partial charge on any atom is 0.0541 e. The number of hydrogen-bond donors (Lipinski definition) is 1. The van der Waals surface area contributed by atoms with Crippen molar-refractivity contribution in [1.82, 2.24) is 14.1 Å². The first kappa shape index (κ1) is 35.3. The third kappa shape index (κ3) is 5.87. The van der Waals surface area contributed by atoms with Crippen molar-refractivity contribution in [2.24, 2.45) is 11.8 Å². The molecule has 0 aliphatic rings. The van der Waals surface area contributed by atoms with Crippen LogP contribution in [0, 0.1) is 11.8 Å². The first-order valence-corrected chi connectivity index (χ1v) is 21.2. The summed E-state index contributed by atoms with van der Waals surface area (Å²) in [5.74, 6) is 1.15. The molecule has 0 saturated carbocycles. The molecule has 3 aromatic heterocycles. The summed E-state index contributed by atoms with van der Waals surface area (Å²) >= 11 is 0. The largest absolute Gasteiger partial charge is 0.355 e. The molecule has 3 heteroatoms. The lowest BCUT2D eigenvalue weighted by Crippen LogP contribution is -2.02. The Hall–Kier alpha value is -6.84. The van der Waals surface area contributed by atoms with Gasteiger partial charge < -0.3 is 14.1 Å². The first-order valence-electron chi connectivity index (χ1n) is 21.2. The van der Waals surface area contributed by atoms with Crippen molar-refractivity contribution in [3.63, 3.8) is 0 Å². The predicted octanol–water partition coefficient (Wildman–Crippen LogP) is 15.2. The Morgan fingerprint density at radius 1 is 0.356 bits per heavy atom. The van der Waals surface area contributed by atoms with Gasteiger partial charge in [-0.15, -0.1) is 0 Å². The van der Waals surface area contributed by atoms with Crippen molar-refractivity contribution in [3.05, 3.63) is 181 Å². The lowest BCUT2D eigenvalue weighted by molar-refractivity contribution is 0.645. The quantitative estimate of drug-likeness (QED) is 0.160. The van der Waals surface area contributed by atoms with E-state index in [1.54, 1.807) is 0 Å². The normalized spacial score (nSPS) is 12.2. The molecule has 3 heterocycles. The van der Waals surface area contributed by atoms with Crippen LogP contribution in [0.1, 0.15) is 38.8 Å². The second kappa shape index (κ2) is 13.9. The second-order valence-electron chi connectivity index (χ2n) is 17.3. The number of aromatic nitrogens is 3. The molecule has 0 atom stereocenters. The van der Waals surface area contributed by atoms with Gasteiger partial charge in [0.05, 0.1) is 22.1 Å². The fourth-order valence-electron chi connectivity index (χ4n) is 9.76. The molecule has 59 heavy (non-hydrogen) atoms. The van der Waals surface area contributed by atoms with Crippen molar-refractivity contribution >= 4 is 65.4 Å². The van der Waals surface area contributed by atoms with Crippen LogP contribution in [0.25, 0.3) is 99.0 Å². The summed E-state index contributed by atoms with van der Waals surface area (Å²) < 4.78 is 4.94. The van der Waals surface area contributed by atoms with Crippen LogP contribution in [0.2, 0.25) is 0 Å². The summed E-state index contributed by atoms with van der Waals surface area (Å²) in [7, 11) is 0. The van der Waals surface area contributed by atoms with Crippen LogP contribution >= 0.6 is 0 Å². The number of hydrogen-bond acceptors (Lipinski definition) is 0. The molecule has 0 saturated heterocycles. The van der Waals surface area contributed by atoms with Crippen molar-refractivity contribution < 1.29 is 0 Å². The molecule has 0 fully saturated rings. The summed E-state index contributed by atoms with van der Waals surface area (Å²) in [6.07, 6.45) is 2.09. The highest BCUT2D eigenvalue weighted by atomic mass is 15.0. The van der Waals surface area contributed by atoms with Gasteiger partial charge in [-0.1, -0.05) is 125 Å². The van der Waals surface area contributed by atoms with Gasteiger partial charge in [0.1, 0.15) is 0 Å². The number of H-pyrrole nitrogens is 1. The van der Waals surface area contributed by atoms with Crippen LogP contribution in [0.4, 0.5) is 0 Å². The maximum absolute atomic E-state index is 3.72. The fourth-order valence-corrected chi connectivity index (χ4v) is 9.76. The number of para-hydroxylation sites is 4. The number of nitrogens with one attached hydrogen (secondary N) is 1. The molecule has 286 valence electrons. The average Bonchev–Trinajstić information content (AvgIpc) is 3.90. The minimum absolute atomic E-state index is 0.575. The van der Waals surface area contributed by atoms with Crippen molar-refractivity contribution in [3.8, 4) is 33.6 Å². The molecule has 3 nitrogen and oxygen atoms in total. The Morgan fingerprint density at radius 3 is 1.15 bits per heavy atom. The standard InChI is InChI=1S/C56H47N3/c1-35(2)29-41-13-5-9-17-51(41)58-53-19-11-7-15-43(53)47-33-39(23-27-55(47)58)37-21-25-49-45(31-37)46-32-38(22-26-50(46)57-49)40-24-28-56-48(34-40)44-16-8-12-20-54(44)59(56)52-18-10-6-14-42(52)30-36(3)4/h5-28,31-36,57H,29-30H2,1-4H3. The number of fused-ring (bicyclic) bond motifs is 9. The summed E-state index contributed by atoms with van der Waals surface area (Å²) in [6, 6.07) is 63.4. The van der Waals surface area contributed by atoms with Gasteiger partial charge in [-0.2, -0.15) is 0 Å². The molecule has 11 aromatic rings. The summed E-state index contributed by atoms with van der Waals surface area (Å²) in [5, 5.41) is 7.59. The Labute approximate surface area is 345 Å². The molecule has 0 aliphatic heterocycles. The zero-order valence-electron chi connectivity index (χ0n) is 34.1. The molecular weight excluding hydrogens is 715 g/mol. The Balaban J connectivity index is 1.02. The summed E-state index contributed by atoms with van der Waals surface area (Å²) in [4.78, 5) is 3.72. The molecule has 1 N–H and O–H groups in total. The highest BCUT2D eigenvalue weighted by Gasteiger charge is 2.18. The van der Waals surface area contributed by atoms with E-state index >= 15 is 0 Å². The number of aromatic amines is 1. The van der Waals surface area contributed by atoms with Crippen LogP contribution in [0.15, 0.2) is 170 Å². The maximum atomic E-state index is 3.72. The van der Waals surface area contributed by atoms with Crippen molar-refractivity contribution in [2.75, 3.05) is 0 Å². The minimum atomic E-state index is 0.575. The van der Waals surface area contributed by atoms with Crippen LogP contribution in [-0.2, 0) is 12.8 Å². The number of rotatable bonds is 8. The molecule has 0 unspecified atom stereocenters. The fraction of sp³-hybridized carbons (Fsp3) is 0.143. The minimum Gasteiger partial charge on any atom is -0.355 e. The molecule has 0 amide bonds. The van der Waals surface area contributed by atoms with E-state index in [0.29, 0.717) is 11.8 Å². The SMILES string of the molecule is CC(C)Cc1ccccc1-n1c2ccccc2c2cc(-c3ccc4[nH]c5ccc(-c6ccc7c(c6)c6ccccc6n7-c6ccccc6CC(C)C)cc5c4c3)ccc21. The van der Waals surface area contributed by atoms with E-state index in [9.17, 15) is 0 Å². The molecule has 0 spiro atoms. The van der Waals surface area contributed by atoms with Crippen LogP contribution < -0.4 is 0 Å². The van der Waals surface area contributed by atoms with E-state index in [2.05, 4.69) is 212 Å². The Morgan fingerprint density at radius 2 is 0.712 bits per heavy atom. The number of benzene rings is 8. The van der Waals surface area contributed by atoms with Gasteiger partial charge in [0.2, 0.25) is 0 Å². The number of nitrogens with zero attached hydrogens (tertiary/aromatic N) is 2. The molecule has 0 bridgehead atoms. The second-order valence-corrected chi connectivity index (χ2v) is 17.3. The van der Waals surface area contributed by atoms with E-state index in [4.69, 9.17) is 0 Å². The zero-order chi connectivity index (χ0) is 39.8. The average molecular weight is 762 g/mol. The highest BCUT2D eigenvalue weighted by Crippen LogP contribution is 2.40. The van der Waals surface area contributed by atoms with E-state index in [1.807, 2.05) is 0 Å². The van der Waals surface area contributed by atoms with E-state index < -0.39 is 0 Å². The van der Waals surface area contributed by atoms with E-state index in [0.717, 1.165) is 23.9 Å². The van der Waals surface area contributed by atoms with E-state index in [-0.39, 0.29) is 0 Å². The molecule has 0 aliphatic carbocycles. The van der Waals surface area contributed by atoms with Gasteiger partial charge in [-0.05, 0) is 131 Å². The Kier molecular flexibility index (Phi) is 8.34. The molecule has 0 radical (unpaired) electrons. The van der Waals surface area contributed by atoms with Crippen molar-refractivity contribution in [2.45, 2.75) is 40.5 Å².